The van der Waals surface area contributed by atoms with Gasteiger partial charge in [-0.25, -0.2) is 9.78 Å². The summed E-state index contributed by atoms with van der Waals surface area (Å²) < 4.78 is 6.08. The van der Waals surface area contributed by atoms with E-state index in [0.29, 0.717) is 5.15 Å². The summed E-state index contributed by atoms with van der Waals surface area (Å²) in [5.41, 5.74) is 1.76. The Morgan fingerprint density at radius 3 is 2.79 bits per heavy atom. The van der Waals surface area contributed by atoms with Crippen LogP contribution in [-0.4, -0.2) is 23.2 Å². The van der Waals surface area contributed by atoms with Gasteiger partial charge in [-0.3, -0.25) is 0 Å². The number of anilines is 1. The summed E-state index contributed by atoms with van der Waals surface area (Å²) in [6.45, 7) is 0.278. The van der Waals surface area contributed by atoms with Crippen molar-refractivity contribution in [2.24, 2.45) is 0 Å². The Morgan fingerprint density at radius 1 is 1.29 bits per heavy atom. The molecule has 1 aromatic heterocycles. The molecular formula is C17H17BrClN3O2. The average Bonchev–Trinajstić information content (AvgIpc) is 2.55. The Hall–Kier alpha value is -1.79. The highest BCUT2D eigenvalue weighted by atomic mass is 79.9. The minimum absolute atomic E-state index is 0.115. The summed E-state index contributed by atoms with van der Waals surface area (Å²) in [6.07, 6.45) is 2.91. The first kappa shape index (κ1) is 17.0. The van der Waals surface area contributed by atoms with Crippen molar-refractivity contribution in [2.75, 3.05) is 5.32 Å². The monoisotopic (exact) mass is 409 g/mol. The highest BCUT2D eigenvalue weighted by Crippen LogP contribution is 2.29. The zero-order valence-corrected chi connectivity index (χ0v) is 15.2. The molecule has 0 bridgehead atoms. The largest absolute Gasteiger partial charge is 0.445 e. The molecule has 24 heavy (non-hydrogen) atoms. The third kappa shape index (κ3) is 4.61. The minimum atomic E-state index is -0.385. The summed E-state index contributed by atoms with van der Waals surface area (Å²) in [7, 11) is 0. The number of rotatable bonds is 5. The second-order valence-corrected chi connectivity index (χ2v) is 6.98. The molecule has 7 heteroatoms. The van der Waals surface area contributed by atoms with E-state index in [1.807, 2.05) is 36.4 Å². The van der Waals surface area contributed by atoms with E-state index in [1.165, 1.54) is 0 Å². The second kappa shape index (κ2) is 7.85. The van der Waals surface area contributed by atoms with Gasteiger partial charge in [0.05, 0.1) is 5.69 Å². The Kier molecular flexibility index (Phi) is 5.58. The van der Waals surface area contributed by atoms with E-state index in [-0.39, 0.29) is 24.8 Å². The lowest BCUT2D eigenvalue weighted by molar-refractivity contribution is 0.129. The maximum Gasteiger partial charge on any atom is 0.407 e. The number of hydrogen-bond donors (Lipinski definition) is 2. The summed E-state index contributed by atoms with van der Waals surface area (Å²) in [5.74, 6) is 0. The molecule has 5 nitrogen and oxygen atoms in total. The number of aromatic nitrogens is 1. The van der Waals surface area contributed by atoms with Crippen molar-refractivity contribution in [3.8, 4) is 0 Å². The van der Waals surface area contributed by atoms with Crippen molar-refractivity contribution in [1.82, 2.24) is 10.3 Å². The quantitative estimate of drug-likeness (QED) is 0.719. The fourth-order valence-electron chi connectivity index (χ4n) is 2.53. The molecular weight excluding hydrogens is 394 g/mol. The van der Waals surface area contributed by atoms with Gasteiger partial charge in [-0.1, -0.05) is 41.9 Å². The molecule has 1 saturated carbocycles. The Labute approximate surface area is 153 Å². The topological polar surface area (TPSA) is 63.2 Å². The smallest absolute Gasteiger partial charge is 0.407 e. The van der Waals surface area contributed by atoms with Gasteiger partial charge in [0.25, 0.3) is 0 Å². The zero-order chi connectivity index (χ0) is 16.9. The highest BCUT2D eigenvalue weighted by molar-refractivity contribution is 9.10. The van der Waals surface area contributed by atoms with Crippen molar-refractivity contribution in [3.63, 3.8) is 0 Å². The van der Waals surface area contributed by atoms with E-state index in [1.54, 1.807) is 6.20 Å². The predicted octanol–water partition coefficient (Wildman–Crippen LogP) is 4.37. The first-order valence-electron chi connectivity index (χ1n) is 7.65. The number of carbonyl (C=O) groups excluding carboxylic acids is 1. The standard InChI is InChI=1S/C17H17BrClN3O2/c18-12-6-15(16(19)20-9-12)21-13-7-14(8-13)22-17(23)24-10-11-4-2-1-3-5-11/h1-6,9,13-14,21H,7-8,10H2,(H,22,23). The SMILES string of the molecule is O=C(NC1CC(Nc2cc(Br)cnc2Cl)C1)OCc1ccccc1. The maximum absolute atomic E-state index is 11.8. The summed E-state index contributed by atoms with van der Waals surface area (Å²) in [6, 6.07) is 11.9. The van der Waals surface area contributed by atoms with Gasteiger partial charge in [0, 0.05) is 22.8 Å². The molecule has 1 aromatic carbocycles. The van der Waals surface area contributed by atoms with E-state index in [2.05, 4.69) is 31.5 Å². The fourth-order valence-corrected chi connectivity index (χ4v) is 3.02. The molecule has 2 N–H and O–H groups in total. The van der Waals surface area contributed by atoms with E-state index in [9.17, 15) is 4.79 Å². The first-order chi connectivity index (χ1) is 11.6. The second-order valence-electron chi connectivity index (χ2n) is 5.71. The Morgan fingerprint density at radius 2 is 2.04 bits per heavy atom. The summed E-state index contributed by atoms with van der Waals surface area (Å²) in [4.78, 5) is 15.9. The van der Waals surface area contributed by atoms with Crippen LogP contribution < -0.4 is 10.6 Å². The van der Waals surface area contributed by atoms with Crippen LogP contribution in [0.25, 0.3) is 0 Å². The Balaban J connectivity index is 1.39. The zero-order valence-electron chi connectivity index (χ0n) is 12.8. The number of nitrogens with zero attached hydrogens (tertiary/aromatic N) is 1. The van der Waals surface area contributed by atoms with Gasteiger partial charge < -0.3 is 15.4 Å². The lowest BCUT2D eigenvalue weighted by Gasteiger charge is -2.36. The van der Waals surface area contributed by atoms with Crippen LogP contribution in [-0.2, 0) is 11.3 Å². The molecule has 0 atom stereocenters. The van der Waals surface area contributed by atoms with Gasteiger partial charge in [-0.05, 0) is 40.4 Å². The molecule has 1 heterocycles. The number of nitrogens with one attached hydrogen (secondary N) is 2. The van der Waals surface area contributed by atoms with Crippen LogP contribution in [0.1, 0.15) is 18.4 Å². The lowest BCUT2D eigenvalue weighted by atomic mass is 9.87. The number of benzene rings is 1. The van der Waals surface area contributed by atoms with Crippen LogP contribution in [0.5, 0.6) is 0 Å². The third-order valence-electron chi connectivity index (χ3n) is 3.84. The number of pyridine rings is 1. The Bertz CT molecular complexity index is 708. The first-order valence-corrected chi connectivity index (χ1v) is 8.82. The van der Waals surface area contributed by atoms with Crippen LogP contribution in [0.3, 0.4) is 0 Å². The number of alkyl carbamates (subject to hydrolysis) is 1. The molecule has 1 aliphatic rings. The number of hydrogen-bond acceptors (Lipinski definition) is 4. The number of amides is 1. The molecule has 1 fully saturated rings. The molecule has 0 radical (unpaired) electrons. The molecule has 2 aromatic rings. The fraction of sp³-hybridized carbons (Fsp3) is 0.294. The van der Waals surface area contributed by atoms with E-state index >= 15 is 0 Å². The average molecular weight is 411 g/mol. The van der Waals surface area contributed by atoms with Crippen molar-refractivity contribution in [1.29, 1.82) is 0 Å². The van der Waals surface area contributed by atoms with Gasteiger partial charge in [0.2, 0.25) is 0 Å². The van der Waals surface area contributed by atoms with Crippen molar-refractivity contribution < 1.29 is 9.53 Å². The maximum atomic E-state index is 11.8. The molecule has 1 aliphatic carbocycles. The third-order valence-corrected chi connectivity index (χ3v) is 4.57. The molecule has 126 valence electrons. The molecule has 0 saturated heterocycles. The van der Waals surface area contributed by atoms with Gasteiger partial charge in [0.1, 0.15) is 6.61 Å². The van der Waals surface area contributed by atoms with Crippen LogP contribution >= 0.6 is 27.5 Å². The van der Waals surface area contributed by atoms with Gasteiger partial charge >= 0.3 is 6.09 Å². The number of carbonyl (C=O) groups is 1. The number of ether oxygens (including phenoxy) is 1. The van der Waals surface area contributed by atoms with Gasteiger partial charge in [-0.2, -0.15) is 0 Å². The molecule has 0 unspecified atom stereocenters. The minimum Gasteiger partial charge on any atom is -0.445 e. The number of halogens is 2. The van der Waals surface area contributed by atoms with Crippen LogP contribution in [0.15, 0.2) is 47.1 Å². The molecule has 1 amide bonds. The molecule has 0 spiro atoms. The van der Waals surface area contributed by atoms with Gasteiger partial charge in [-0.15, -0.1) is 0 Å². The normalized spacial score (nSPS) is 19.2. The van der Waals surface area contributed by atoms with Crippen molar-refractivity contribution in [2.45, 2.75) is 31.5 Å². The van der Waals surface area contributed by atoms with Gasteiger partial charge in [0.15, 0.2) is 5.15 Å². The summed E-state index contributed by atoms with van der Waals surface area (Å²) >= 11 is 9.43. The lowest BCUT2D eigenvalue weighted by Crippen LogP contribution is -2.49. The molecule has 0 aliphatic heterocycles. The van der Waals surface area contributed by atoms with Crippen LogP contribution in [0, 0.1) is 0 Å². The highest BCUT2D eigenvalue weighted by Gasteiger charge is 2.31. The van der Waals surface area contributed by atoms with Crippen LogP contribution in [0.2, 0.25) is 5.15 Å². The summed E-state index contributed by atoms with van der Waals surface area (Å²) in [5, 5.41) is 6.64. The van der Waals surface area contributed by atoms with E-state index < -0.39 is 0 Å². The van der Waals surface area contributed by atoms with Crippen molar-refractivity contribution in [3.05, 3.63) is 57.8 Å². The van der Waals surface area contributed by atoms with E-state index in [4.69, 9.17) is 16.3 Å². The van der Waals surface area contributed by atoms with Crippen molar-refractivity contribution >= 4 is 39.3 Å². The molecule has 3 rings (SSSR count). The van der Waals surface area contributed by atoms with Crippen LogP contribution in [0.4, 0.5) is 10.5 Å². The van der Waals surface area contributed by atoms with E-state index in [0.717, 1.165) is 28.6 Å². The predicted molar refractivity (Wildman–Crippen MR) is 97.1 cm³/mol.